The number of allylic oxidation sites excluding steroid dienone is 2. The number of carbonyl (C=O) groups excluding carboxylic acids is 4. The molecule has 2 heterocycles. The Kier molecular flexibility index (Phi) is 5.43. The zero-order valence-electron chi connectivity index (χ0n) is 21.5. The van der Waals surface area contributed by atoms with Gasteiger partial charge in [-0.25, -0.2) is 14.4 Å². The molecule has 6 rings (SSSR count). The molecule has 3 N–H and O–H groups in total. The van der Waals surface area contributed by atoms with Crippen LogP contribution in [0, 0.1) is 22.7 Å². The summed E-state index contributed by atoms with van der Waals surface area (Å²) in [6, 6.07) is 7.92. The Labute approximate surface area is 223 Å². The Bertz CT molecular complexity index is 1360. The summed E-state index contributed by atoms with van der Waals surface area (Å²) in [5.41, 5.74) is -3.91. The Morgan fingerprint density at radius 2 is 1.79 bits per heavy atom. The molecule has 2 aliphatic heterocycles. The van der Waals surface area contributed by atoms with Gasteiger partial charge in [0.15, 0.2) is 5.76 Å². The van der Waals surface area contributed by atoms with Gasteiger partial charge < -0.3 is 34.3 Å². The fourth-order valence-corrected chi connectivity index (χ4v) is 8.07. The van der Waals surface area contributed by atoms with Crippen LogP contribution in [0.2, 0.25) is 0 Å². The highest BCUT2D eigenvalue weighted by Gasteiger charge is 2.84. The Hall–Kier alpha value is -3.54. The van der Waals surface area contributed by atoms with Crippen LogP contribution in [0.25, 0.3) is 0 Å². The zero-order chi connectivity index (χ0) is 28.1. The van der Waals surface area contributed by atoms with Crippen LogP contribution in [0.4, 0.5) is 0 Å². The molecule has 1 aromatic rings. The topological polar surface area (TPSA) is 166 Å². The SMILES string of the molecule is COC(=O)C12OCC34C(CC5=C(C)C(=O)C(O)=CC5(C)C3C(O)C1O)OC(=O)C(OC(=O)c1ccccc1)C24. The molecule has 0 amide bonds. The van der Waals surface area contributed by atoms with Gasteiger partial charge in [0, 0.05) is 28.7 Å². The lowest BCUT2D eigenvalue weighted by Gasteiger charge is -2.65. The maximum Gasteiger partial charge on any atom is 0.348 e. The van der Waals surface area contributed by atoms with Gasteiger partial charge in [-0.05, 0) is 30.7 Å². The minimum atomic E-state index is -2.26. The quantitative estimate of drug-likeness (QED) is 0.366. The number of aliphatic hydroxyl groups is 3. The average Bonchev–Trinajstić information content (AvgIpc) is 3.23. The van der Waals surface area contributed by atoms with Crippen LogP contribution in [0.3, 0.4) is 0 Å². The number of rotatable bonds is 3. The van der Waals surface area contributed by atoms with E-state index in [0.717, 1.165) is 7.11 Å². The first-order valence-corrected chi connectivity index (χ1v) is 12.7. The van der Waals surface area contributed by atoms with Crippen molar-refractivity contribution in [3.8, 4) is 0 Å². The number of esters is 3. The maximum atomic E-state index is 13.5. The number of methoxy groups -OCH3 is 1. The van der Waals surface area contributed by atoms with Gasteiger partial charge in [-0.15, -0.1) is 0 Å². The van der Waals surface area contributed by atoms with Crippen LogP contribution in [0.5, 0.6) is 0 Å². The number of hydrogen-bond donors (Lipinski definition) is 3. The molecule has 11 nitrogen and oxygen atoms in total. The van der Waals surface area contributed by atoms with Gasteiger partial charge in [-0.1, -0.05) is 25.1 Å². The molecule has 2 saturated carbocycles. The van der Waals surface area contributed by atoms with Crippen molar-refractivity contribution < 1.29 is 53.4 Å². The highest BCUT2D eigenvalue weighted by atomic mass is 16.6. The second-order valence-corrected chi connectivity index (χ2v) is 11.1. The molecule has 0 radical (unpaired) electrons. The van der Waals surface area contributed by atoms with E-state index in [-0.39, 0.29) is 24.2 Å². The summed E-state index contributed by atoms with van der Waals surface area (Å²) in [5, 5.41) is 33.8. The first-order valence-electron chi connectivity index (χ1n) is 12.7. The lowest BCUT2D eigenvalue weighted by atomic mass is 9.40. The summed E-state index contributed by atoms with van der Waals surface area (Å²) in [6.45, 7) is 2.99. The standard InChI is InChI=1S/C28H28O11/c1-12-14-9-16-27-11-37-28(25(35)36-3,22(32)18(31)20(27)26(14,2)10-15(29)17(12)30)21(27)19(24(34)38-16)39-23(33)13-7-5-4-6-8-13/h4-8,10,16,18-22,29,31-32H,9,11H2,1-3H3. The minimum Gasteiger partial charge on any atom is -0.504 e. The van der Waals surface area contributed by atoms with Crippen molar-refractivity contribution in [1.29, 1.82) is 0 Å². The predicted molar refractivity (Wildman–Crippen MR) is 129 cm³/mol. The Morgan fingerprint density at radius 1 is 1.10 bits per heavy atom. The largest absolute Gasteiger partial charge is 0.504 e. The third-order valence-electron chi connectivity index (χ3n) is 9.57. The van der Waals surface area contributed by atoms with Crippen molar-refractivity contribution in [2.24, 2.45) is 22.7 Å². The molecule has 1 spiro atoms. The van der Waals surface area contributed by atoms with Crippen molar-refractivity contribution in [3.63, 3.8) is 0 Å². The summed E-state index contributed by atoms with van der Waals surface area (Å²) < 4.78 is 22.7. The molecule has 0 aromatic heterocycles. The fraction of sp³-hybridized carbons (Fsp3) is 0.500. The first-order chi connectivity index (χ1) is 18.4. The van der Waals surface area contributed by atoms with Crippen molar-refractivity contribution in [2.75, 3.05) is 13.7 Å². The number of benzene rings is 1. The molecular formula is C28H28O11. The normalized spacial score (nSPS) is 42.1. The summed E-state index contributed by atoms with van der Waals surface area (Å²) >= 11 is 0. The molecule has 1 aromatic carbocycles. The van der Waals surface area contributed by atoms with E-state index in [2.05, 4.69) is 0 Å². The summed E-state index contributed by atoms with van der Waals surface area (Å²) in [7, 11) is 1.08. The highest BCUT2D eigenvalue weighted by Crippen LogP contribution is 2.71. The second kappa shape index (κ2) is 8.23. The predicted octanol–water partition coefficient (Wildman–Crippen LogP) is 0.785. The molecule has 39 heavy (non-hydrogen) atoms. The van der Waals surface area contributed by atoms with E-state index in [1.165, 1.54) is 18.2 Å². The molecule has 9 unspecified atom stereocenters. The van der Waals surface area contributed by atoms with E-state index < -0.39 is 82.1 Å². The maximum absolute atomic E-state index is 13.5. The summed E-state index contributed by atoms with van der Waals surface area (Å²) in [6.07, 6.45) is -4.87. The molecule has 9 atom stereocenters. The Morgan fingerprint density at radius 3 is 2.46 bits per heavy atom. The molecule has 2 saturated heterocycles. The molecular weight excluding hydrogens is 512 g/mol. The summed E-state index contributed by atoms with van der Waals surface area (Å²) in [4.78, 5) is 52.7. The molecule has 2 bridgehead atoms. The number of fused-ring (bicyclic) bond motifs is 2. The van der Waals surface area contributed by atoms with Crippen LogP contribution in [-0.4, -0.2) is 82.7 Å². The number of carbonyl (C=O) groups is 4. The molecule has 206 valence electrons. The highest BCUT2D eigenvalue weighted by molar-refractivity contribution is 6.08. The van der Waals surface area contributed by atoms with Crippen molar-refractivity contribution in [3.05, 3.63) is 58.9 Å². The zero-order valence-corrected chi connectivity index (χ0v) is 21.5. The van der Waals surface area contributed by atoms with Gasteiger partial charge in [-0.3, -0.25) is 4.79 Å². The van der Waals surface area contributed by atoms with Crippen LogP contribution in [-0.2, 0) is 33.3 Å². The van der Waals surface area contributed by atoms with Crippen LogP contribution in [0.1, 0.15) is 30.6 Å². The molecule has 5 aliphatic rings. The van der Waals surface area contributed by atoms with Crippen molar-refractivity contribution >= 4 is 23.7 Å². The van der Waals surface area contributed by atoms with Gasteiger partial charge in [0.05, 0.1) is 31.3 Å². The van der Waals surface area contributed by atoms with Gasteiger partial charge in [-0.2, -0.15) is 0 Å². The number of aliphatic hydroxyl groups excluding tert-OH is 3. The lowest BCUT2D eigenvalue weighted by Crippen LogP contribution is -2.78. The van der Waals surface area contributed by atoms with E-state index in [1.807, 2.05) is 0 Å². The second-order valence-electron chi connectivity index (χ2n) is 11.1. The smallest absolute Gasteiger partial charge is 0.348 e. The van der Waals surface area contributed by atoms with Crippen LogP contribution in [0.15, 0.2) is 53.3 Å². The third kappa shape index (κ3) is 2.98. The average molecular weight is 541 g/mol. The van der Waals surface area contributed by atoms with Crippen LogP contribution < -0.4 is 0 Å². The van der Waals surface area contributed by atoms with E-state index in [4.69, 9.17) is 18.9 Å². The van der Waals surface area contributed by atoms with Crippen molar-refractivity contribution in [1.82, 2.24) is 0 Å². The Balaban J connectivity index is 1.57. The monoisotopic (exact) mass is 540 g/mol. The van der Waals surface area contributed by atoms with Crippen molar-refractivity contribution in [2.45, 2.75) is 50.3 Å². The molecule has 11 heteroatoms. The third-order valence-corrected chi connectivity index (χ3v) is 9.57. The van der Waals surface area contributed by atoms with Gasteiger partial charge >= 0.3 is 17.9 Å². The lowest BCUT2D eigenvalue weighted by molar-refractivity contribution is -0.270. The summed E-state index contributed by atoms with van der Waals surface area (Å²) in [5.74, 6) is -6.29. The van der Waals surface area contributed by atoms with E-state index >= 15 is 0 Å². The number of Topliss-reactive ketones (excluding diaryl/α,β-unsaturated/α-hetero) is 1. The van der Waals surface area contributed by atoms with Gasteiger partial charge in [0.1, 0.15) is 12.2 Å². The number of ether oxygens (including phenoxy) is 4. The molecule has 3 aliphatic carbocycles. The van der Waals surface area contributed by atoms with E-state index in [9.17, 15) is 34.5 Å². The first kappa shape index (κ1) is 25.7. The minimum absolute atomic E-state index is 0.0410. The molecule has 4 fully saturated rings. The van der Waals surface area contributed by atoms with Gasteiger partial charge in [0.25, 0.3) is 0 Å². The number of ketones is 1. The van der Waals surface area contributed by atoms with Crippen LogP contribution >= 0.6 is 0 Å². The fourth-order valence-electron chi connectivity index (χ4n) is 8.07. The van der Waals surface area contributed by atoms with E-state index in [1.54, 1.807) is 32.0 Å². The van der Waals surface area contributed by atoms with Gasteiger partial charge in [0.2, 0.25) is 17.5 Å². The van der Waals surface area contributed by atoms with E-state index in [0.29, 0.717) is 5.57 Å². The number of hydrogen-bond acceptors (Lipinski definition) is 11.